The third kappa shape index (κ3) is 3.03. The van der Waals surface area contributed by atoms with E-state index in [-0.39, 0.29) is 11.8 Å². The van der Waals surface area contributed by atoms with Crippen molar-refractivity contribution in [2.24, 2.45) is 5.92 Å². The second-order valence-electron chi connectivity index (χ2n) is 3.32. The predicted molar refractivity (Wildman–Crippen MR) is 43.6 cm³/mol. The molecule has 0 aliphatic carbocycles. The molecule has 12 heavy (non-hydrogen) atoms. The Morgan fingerprint density at radius 1 is 1.67 bits per heavy atom. The van der Waals surface area contributed by atoms with Crippen molar-refractivity contribution in [3.8, 4) is 0 Å². The lowest BCUT2D eigenvalue weighted by molar-refractivity contribution is -0.149. The fraction of sp³-hybridized carbons (Fsp3) is 0.778. The van der Waals surface area contributed by atoms with Crippen molar-refractivity contribution >= 4 is 11.8 Å². The molecule has 0 amide bonds. The average molecular weight is 170 g/mol. The second-order valence-corrected chi connectivity index (χ2v) is 3.32. The lowest BCUT2D eigenvalue weighted by atomic mass is 9.94. The monoisotopic (exact) mass is 170 g/mol. The van der Waals surface area contributed by atoms with Gasteiger partial charge in [-0.3, -0.25) is 4.79 Å². The van der Waals surface area contributed by atoms with Gasteiger partial charge in [-0.05, 0) is 25.7 Å². The summed E-state index contributed by atoms with van der Waals surface area (Å²) in [4.78, 5) is 21.5. The minimum absolute atomic E-state index is 0.116. The van der Waals surface area contributed by atoms with Crippen LogP contribution in [0.2, 0.25) is 0 Å². The largest absolute Gasteiger partial charge is 0.466 e. The molecule has 0 N–H and O–H groups in total. The number of ketones is 1. The zero-order valence-electron chi connectivity index (χ0n) is 7.34. The van der Waals surface area contributed by atoms with Gasteiger partial charge in [0.05, 0.1) is 6.61 Å². The van der Waals surface area contributed by atoms with Crippen molar-refractivity contribution in [3.63, 3.8) is 0 Å². The summed E-state index contributed by atoms with van der Waals surface area (Å²) >= 11 is 0. The van der Waals surface area contributed by atoms with Gasteiger partial charge in [0, 0.05) is 12.8 Å². The SMILES string of the molecule is CC(=O)CCC1CCOC(=O)C1. The summed E-state index contributed by atoms with van der Waals surface area (Å²) in [6.45, 7) is 2.11. The lowest BCUT2D eigenvalue weighted by Crippen LogP contribution is -2.21. The first-order valence-electron chi connectivity index (χ1n) is 4.33. The molecule has 1 unspecified atom stereocenters. The van der Waals surface area contributed by atoms with Crippen molar-refractivity contribution < 1.29 is 14.3 Å². The normalized spacial score (nSPS) is 23.4. The molecular formula is C9H14O3. The predicted octanol–water partition coefficient (Wildman–Crippen LogP) is 1.31. The van der Waals surface area contributed by atoms with Crippen LogP contribution in [0.4, 0.5) is 0 Å². The van der Waals surface area contributed by atoms with Crippen LogP contribution in [0.3, 0.4) is 0 Å². The van der Waals surface area contributed by atoms with Gasteiger partial charge in [-0.2, -0.15) is 0 Å². The Labute approximate surface area is 72.1 Å². The van der Waals surface area contributed by atoms with Gasteiger partial charge in [-0.15, -0.1) is 0 Å². The summed E-state index contributed by atoms with van der Waals surface area (Å²) in [7, 11) is 0. The number of rotatable bonds is 3. The fourth-order valence-corrected chi connectivity index (χ4v) is 1.39. The minimum Gasteiger partial charge on any atom is -0.466 e. The Bertz CT molecular complexity index is 186. The highest BCUT2D eigenvalue weighted by Crippen LogP contribution is 2.20. The maximum absolute atomic E-state index is 10.8. The van der Waals surface area contributed by atoms with E-state index in [2.05, 4.69) is 0 Å². The third-order valence-electron chi connectivity index (χ3n) is 2.15. The maximum Gasteiger partial charge on any atom is 0.306 e. The van der Waals surface area contributed by atoms with E-state index in [1.807, 2.05) is 0 Å². The lowest BCUT2D eigenvalue weighted by Gasteiger charge is -2.20. The molecule has 0 aromatic heterocycles. The highest BCUT2D eigenvalue weighted by atomic mass is 16.5. The van der Waals surface area contributed by atoms with Crippen LogP contribution in [-0.2, 0) is 14.3 Å². The average Bonchev–Trinajstić information content (AvgIpc) is 2.01. The molecule has 3 nitrogen and oxygen atoms in total. The molecule has 1 saturated heterocycles. The highest BCUT2D eigenvalue weighted by Gasteiger charge is 2.20. The van der Waals surface area contributed by atoms with Crippen molar-refractivity contribution in [2.75, 3.05) is 6.61 Å². The number of hydrogen-bond acceptors (Lipinski definition) is 3. The highest BCUT2D eigenvalue weighted by molar-refractivity contribution is 5.75. The number of carbonyl (C=O) groups excluding carboxylic acids is 2. The molecule has 1 aliphatic rings. The summed E-state index contributed by atoms with van der Waals surface area (Å²) < 4.78 is 4.79. The zero-order chi connectivity index (χ0) is 8.97. The van der Waals surface area contributed by atoms with Gasteiger partial charge in [0.2, 0.25) is 0 Å². The van der Waals surface area contributed by atoms with Crippen LogP contribution < -0.4 is 0 Å². The molecule has 0 aromatic rings. The second kappa shape index (κ2) is 4.24. The van der Waals surface area contributed by atoms with Crippen LogP contribution in [0.25, 0.3) is 0 Å². The van der Waals surface area contributed by atoms with Gasteiger partial charge in [-0.25, -0.2) is 0 Å². The molecule has 1 rings (SSSR count). The van der Waals surface area contributed by atoms with Gasteiger partial charge in [-0.1, -0.05) is 0 Å². The molecule has 68 valence electrons. The first-order valence-corrected chi connectivity index (χ1v) is 4.33. The zero-order valence-corrected chi connectivity index (χ0v) is 7.34. The van der Waals surface area contributed by atoms with Gasteiger partial charge in [0.15, 0.2) is 0 Å². The molecule has 1 aliphatic heterocycles. The van der Waals surface area contributed by atoms with Crippen molar-refractivity contribution in [1.29, 1.82) is 0 Å². The number of carbonyl (C=O) groups is 2. The van der Waals surface area contributed by atoms with Gasteiger partial charge in [0.1, 0.15) is 5.78 Å². The van der Waals surface area contributed by atoms with Crippen molar-refractivity contribution in [1.82, 2.24) is 0 Å². The van der Waals surface area contributed by atoms with E-state index < -0.39 is 0 Å². The number of esters is 1. The van der Waals surface area contributed by atoms with Crippen LogP contribution in [0.15, 0.2) is 0 Å². The van der Waals surface area contributed by atoms with Crippen LogP contribution in [0.5, 0.6) is 0 Å². The number of cyclic esters (lactones) is 1. The molecule has 0 saturated carbocycles. The smallest absolute Gasteiger partial charge is 0.306 e. The van der Waals surface area contributed by atoms with E-state index in [1.54, 1.807) is 6.92 Å². The first-order chi connectivity index (χ1) is 5.68. The molecule has 0 spiro atoms. The van der Waals surface area contributed by atoms with Gasteiger partial charge >= 0.3 is 5.97 Å². The van der Waals surface area contributed by atoms with Crippen molar-refractivity contribution in [2.45, 2.75) is 32.6 Å². The molecule has 1 heterocycles. The van der Waals surface area contributed by atoms with Gasteiger partial charge < -0.3 is 9.53 Å². The van der Waals surface area contributed by atoms with E-state index in [1.165, 1.54) is 0 Å². The summed E-state index contributed by atoms with van der Waals surface area (Å²) in [6.07, 6.45) is 2.84. The Morgan fingerprint density at radius 2 is 2.42 bits per heavy atom. The summed E-state index contributed by atoms with van der Waals surface area (Å²) in [5, 5.41) is 0. The van der Waals surface area contributed by atoms with Crippen LogP contribution in [0.1, 0.15) is 32.6 Å². The van der Waals surface area contributed by atoms with Gasteiger partial charge in [0.25, 0.3) is 0 Å². The maximum atomic E-state index is 10.8. The fourth-order valence-electron chi connectivity index (χ4n) is 1.39. The first kappa shape index (κ1) is 9.23. The molecule has 1 atom stereocenters. The van der Waals surface area contributed by atoms with E-state index in [0.29, 0.717) is 25.4 Å². The van der Waals surface area contributed by atoms with Crippen LogP contribution >= 0.6 is 0 Å². The molecule has 1 fully saturated rings. The quantitative estimate of drug-likeness (QED) is 0.600. The Morgan fingerprint density at radius 3 is 3.00 bits per heavy atom. The topological polar surface area (TPSA) is 43.4 Å². The summed E-state index contributed by atoms with van der Waals surface area (Å²) in [5.41, 5.74) is 0. The Hall–Kier alpha value is -0.860. The van der Waals surface area contributed by atoms with E-state index in [9.17, 15) is 9.59 Å². The summed E-state index contributed by atoms with van der Waals surface area (Å²) in [6, 6.07) is 0. The van der Waals surface area contributed by atoms with Crippen LogP contribution in [0, 0.1) is 5.92 Å². The van der Waals surface area contributed by atoms with E-state index in [0.717, 1.165) is 12.8 Å². The minimum atomic E-state index is -0.116. The molecular weight excluding hydrogens is 156 g/mol. The van der Waals surface area contributed by atoms with E-state index in [4.69, 9.17) is 4.74 Å². The number of hydrogen-bond donors (Lipinski definition) is 0. The Kier molecular flexibility index (Phi) is 3.26. The van der Waals surface area contributed by atoms with E-state index >= 15 is 0 Å². The molecule has 0 bridgehead atoms. The third-order valence-corrected chi connectivity index (χ3v) is 2.15. The standard InChI is InChI=1S/C9H14O3/c1-7(10)2-3-8-4-5-12-9(11)6-8/h8H,2-6H2,1H3. The van der Waals surface area contributed by atoms with Crippen molar-refractivity contribution in [3.05, 3.63) is 0 Å². The molecule has 3 heteroatoms. The Balaban J connectivity index is 2.23. The molecule has 0 radical (unpaired) electrons. The summed E-state index contributed by atoms with van der Waals surface area (Å²) in [5.74, 6) is 0.457. The van der Waals surface area contributed by atoms with Crippen LogP contribution in [-0.4, -0.2) is 18.4 Å². The molecule has 0 aromatic carbocycles. The number of Topliss-reactive ketones (excluding diaryl/α,β-unsaturated/α-hetero) is 1. The number of ether oxygens (including phenoxy) is 1.